The number of carbonyl (C=O) groups excluding carboxylic acids is 1. The number of amides is 1. The lowest BCUT2D eigenvalue weighted by Gasteiger charge is -2.09. The molecule has 27 heavy (non-hydrogen) atoms. The van der Waals surface area contributed by atoms with Crippen molar-refractivity contribution in [1.29, 1.82) is 0 Å². The Labute approximate surface area is 164 Å². The number of fused-ring (bicyclic) bond motifs is 3. The van der Waals surface area contributed by atoms with Crippen LogP contribution in [0.15, 0.2) is 28.7 Å². The highest BCUT2D eigenvalue weighted by molar-refractivity contribution is 7.99. The summed E-state index contributed by atoms with van der Waals surface area (Å²) < 4.78 is 1.98. The van der Waals surface area contributed by atoms with Crippen molar-refractivity contribution in [2.45, 2.75) is 43.8 Å². The molecular formula is C18H21N5O2S2. The fourth-order valence-electron chi connectivity index (χ4n) is 3.31. The SMILES string of the molecule is O=C(CSc1nc2sc3c(c2c(=O)[nH]1)CCCC3)NCCCn1ccnc1. The summed E-state index contributed by atoms with van der Waals surface area (Å²) in [6.45, 7) is 1.43. The van der Waals surface area contributed by atoms with Gasteiger partial charge < -0.3 is 14.9 Å². The maximum absolute atomic E-state index is 12.5. The third-order valence-electron chi connectivity index (χ3n) is 4.62. The van der Waals surface area contributed by atoms with Crippen LogP contribution in [0.3, 0.4) is 0 Å². The molecule has 7 nitrogen and oxygen atoms in total. The second-order valence-corrected chi connectivity index (χ2v) is 8.60. The van der Waals surface area contributed by atoms with E-state index in [4.69, 9.17) is 0 Å². The van der Waals surface area contributed by atoms with Gasteiger partial charge in [0, 0.05) is 30.4 Å². The molecule has 0 saturated carbocycles. The van der Waals surface area contributed by atoms with Gasteiger partial charge in [0.05, 0.1) is 17.5 Å². The van der Waals surface area contributed by atoms with Gasteiger partial charge in [0.25, 0.3) is 5.56 Å². The van der Waals surface area contributed by atoms with Crippen LogP contribution in [0.5, 0.6) is 0 Å². The number of aromatic nitrogens is 4. The lowest BCUT2D eigenvalue weighted by Crippen LogP contribution is -2.27. The average Bonchev–Trinajstić information content (AvgIpc) is 3.30. The Balaban J connectivity index is 1.32. The zero-order chi connectivity index (χ0) is 18.6. The normalized spacial score (nSPS) is 13.6. The summed E-state index contributed by atoms with van der Waals surface area (Å²) in [6.07, 6.45) is 10.6. The van der Waals surface area contributed by atoms with Crippen molar-refractivity contribution in [3.63, 3.8) is 0 Å². The minimum atomic E-state index is -0.0809. The molecule has 1 aliphatic rings. The summed E-state index contributed by atoms with van der Waals surface area (Å²) in [4.78, 5) is 38.0. The number of nitrogens with one attached hydrogen (secondary N) is 2. The molecule has 0 atom stereocenters. The molecule has 3 aromatic rings. The van der Waals surface area contributed by atoms with Crippen LogP contribution in [0.4, 0.5) is 0 Å². The number of carbonyl (C=O) groups is 1. The number of hydrogen-bond acceptors (Lipinski definition) is 6. The lowest BCUT2D eigenvalue weighted by atomic mass is 9.97. The molecule has 4 rings (SSSR count). The summed E-state index contributed by atoms with van der Waals surface area (Å²) >= 11 is 2.90. The minimum Gasteiger partial charge on any atom is -0.355 e. The molecule has 0 saturated heterocycles. The Kier molecular flexibility index (Phi) is 5.58. The van der Waals surface area contributed by atoms with Gasteiger partial charge in [-0.2, -0.15) is 0 Å². The maximum Gasteiger partial charge on any atom is 0.260 e. The van der Waals surface area contributed by atoms with E-state index in [0.717, 1.165) is 42.4 Å². The Morgan fingerprint density at radius 1 is 1.37 bits per heavy atom. The van der Waals surface area contributed by atoms with Crippen LogP contribution in [0.25, 0.3) is 10.2 Å². The van der Waals surface area contributed by atoms with Crippen LogP contribution < -0.4 is 10.9 Å². The number of aromatic amines is 1. The van der Waals surface area contributed by atoms with Gasteiger partial charge >= 0.3 is 0 Å². The Morgan fingerprint density at radius 2 is 2.26 bits per heavy atom. The van der Waals surface area contributed by atoms with Gasteiger partial charge in [-0.1, -0.05) is 11.8 Å². The first kappa shape index (κ1) is 18.2. The summed E-state index contributed by atoms with van der Waals surface area (Å²) in [5.74, 6) is 0.184. The van der Waals surface area contributed by atoms with E-state index in [9.17, 15) is 9.59 Å². The standard InChI is InChI=1S/C18H21N5O2S2/c24-14(20-6-3-8-23-9-7-19-11-23)10-26-18-21-16(25)15-12-4-1-2-5-13(12)27-17(15)22-18/h7,9,11H,1-6,8,10H2,(H,20,24)(H,21,22,25). The van der Waals surface area contributed by atoms with E-state index in [-0.39, 0.29) is 17.2 Å². The number of imidazole rings is 1. The summed E-state index contributed by atoms with van der Waals surface area (Å²) in [5, 5.41) is 4.16. The molecule has 0 radical (unpaired) electrons. The number of thiophene rings is 1. The van der Waals surface area contributed by atoms with Gasteiger partial charge in [-0.15, -0.1) is 11.3 Å². The fraction of sp³-hybridized carbons (Fsp3) is 0.444. The molecule has 1 aliphatic carbocycles. The van der Waals surface area contributed by atoms with Crippen molar-refractivity contribution in [3.05, 3.63) is 39.5 Å². The number of H-pyrrole nitrogens is 1. The first-order valence-corrected chi connectivity index (χ1v) is 10.9. The van der Waals surface area contributed by atoms with Crippen LogP contribution in [-0.2, 0) is 24.2 Å². The van der Waals surface area contributed by atoms with Crippen molar-refractivity contribution < 1.29 is 4.79 Å². The van der Waals surface area contributed by atoms with Crippen molar-refractivity contribution in [1.82, 2.24) is 24.8 Å². The highest BCUT2D eigenvalue weighted by Gasteiger charge is 2.20. The third kappa shape index (κ3) is 4.24. The van der Waals surface area contributed by atoms with Gasteiger partial charge in [0.15, 0.2) is 5.16 Å². The lowest BCUT2D eigenvalue weighted by molar-refractivity contribution is -0.118. The third-order valence-corrected chi connectivity index (χ3v) is 6.68. The summed E-state index contributed by atoms with van der Waals surface area (Å²) in [6, 6.07) is 0. The molecule has 3 heterocycles. The molecule has 0 spiro atoms. The molecule has 0 aromatic carbocycles. The first-order valence-electron chi connectivity index (χ1n) is 9.10. The molecular weight excluding hydrogens is 382 g/mol. The van der Waals surface area contributed by atoms with E-state index in [1.54, 1.807) is 23.9 Å². The monoisotopic (exact) mass is 403 g/mol. The predicted molar refractivity (Wildman–Crippen MR) is 107 cm³/mol. The van der Waals surface area contributed by atoms with Crippen molar-refractivity contribution >= 4 is 39.2 Å². The van der Waals surface area contributed by atoms with E-state index in [2.05, 4.69) is 20.3 Å². The van der Waals surface area contributed by atoms with Gasteiger partial charge in [-0.3, -0.25) is 9.59 Å². The largest absolute Gasteiger partial charge is 0.355 e. The molecule has 0 unspecified atom stereocenters. The average molecular weight is 404 g/mol. The fourth-order valence-corrected chi connectivity index (χ4v) is 5.32. The second-order valence-electron chi connectivity index (χ2n) is 6.55. The Morgan fingerprint density at radius 3 is 3.11 bits per heavy atom. The zero-order valence-electron chi connectivity index (χ0n) is 14.9. The molecule has 0 fully saturated rings. The highest BCUT2D eigenvalue weighted by Crippen LogP contribution is 2.34. The van der Waals surface area contributed by atoms with E-state index in [0.29, 0.717) is 11.7 Å². The maximum atomic E-state index is 12.5. The zero-order valence-corrected chi connectivity index (χ0v) is 16.5. The Hall–Kier alpha value is -2.13. The van der Waals surface area contributed by atoms with Gasteiger partial charge in [-0.05, 0) is 37.7 Å². The van der Waals surface area contributed by atoms with E-state index >= 15 is 0 Å². The van der Waals surface area contributed by atoms with E-state index < -0.39 is 0 Å². The van der Waals surface area contributed by atoms with Crippen molar-refractivity contribution in [2.75, 3.05) is 12.3 Å². The van der Waals surface area contributed by atoms with Crippen molar-refractivity contribution in [3.8, 4) is 0 Å². The quantitative estimate of drug-likeness (QED) is 0.359. The van der Waals surface area contributed by atoms with Crippen LogP contribution >= 0.6 is 23.1 Å². The number of aryl methyl sites for hydroxylation is 3. The van der Waals surface area contributed by atoms with Gasteiger partial charge in [0.2, 0.25) is 5.91 Å². The second kappa shape index (κ2) is 8.26. The Bertz CT molecular complexity index is 993. The molecule has 9 heteroatoms. The molecule has 3 aromatic heterocycles. The van der Waals surface area contributed by atoms with Crippen LogP contribution in [0.1, 0.15) is 29.7 Å². The molecule has 0 aliphatic heterocycles. The van der Waals surface area contributed by atoms with Gasteiger partial charge in [0.1, 0.15) is 4.83 Å². The molecule has 0 bridgehead atoms. The molecule has 142 valence electrons. The van der Waals surface area contributed by atoms with Crippen LogP contribution in [0, 0.1) is 0 Å². The topological polar surface area (TPSA) is 92.7 Å². The molecule has 2 N–H and O–H groups in total. The summed E-state index contributed by atoms with van der Waals surface area (Å²) in [5.41, 5.74) is 1.10. The number of rotatable bonds is 7. The van der Waals surface area contributed by atoms with Gasteiger partial charge in [-0.25, -0.2) is 9.97 Å². The van der Waals surface area contributed by atoms with Crippen LogP contribution in [-0.4, -0.2) is 37.7 Å². The molecule has 1 amide bonds. The van der Waals surface area contributed by atoms with E-state index in [1.165, 1.54) is 28.6 Å². The number of nitrogens with zero attached hydrogens (tertiary/aromatic N) is 3. The summed E-state index contributed by atoms with van der Waals surface area (Å²) in [7, 11) is 0. The van der Waals surface area contributed by atoms with E-state index in [1.807, 2.05) is 10.8 Å². The first-order chi connectivity index (χ1) is 13.2. The number of thioether (sulfide) groups is 1. The van der Waals surface area contributed by atoms with Crippen LogP contribution in [0.2, 0.25) is 0 Å². The highest BCUT2D eigenvalue weighted by atomic mass is 32.2. The van der Waals surface area contributed by atoms with Crippen molar-refractivity contribution in [2.24, 2.45) is 0 Å². The number of hydrogen-bond donors (Lipinski definition) is 2. The predicted octanol–water partition coefficient (Wildman–Crippen LogP) is 2.36. The smallest absolute Gasteiger partial charge is 0.260 e. The minimum absolute atomic E-state index is 0.0566.